The molecule has 0 aliphatic carbocycles. The van der Waals surface area contributed by atoms with Crippen LogP contribution in [0.25, 0.3) is 0 Å². The molecule has 0 fully saturated rings. The molecule has 2 rings (SSSR count). The molecule has 0 amide bonds. The van der Waals surface area contributed by atoms with Crippen LogP contribution in [-0.2, 0) is 13.0 Å². The summed E-state index contributed by atoms with van der Waals surface area (Å²) in [6.45, 7) is 1.74. The predicted octanol–water partition coefficient (Wildman–Crippen LogP) is 2.68. The Balaban J connectivity index is 2.49. The van der Waals surface area contributed by atoms with Crippen molar-refractivity contribution in [2.24, 2.45) is 0 Å². The van der Waals surface area contributed by atoms with E-state index in [-0.39, 0.29) is 23.7 Å². The van der Waals surface area contributed by atoms with Crippen molar-refractivity contribution >= 4 is 5.78 Å². The highest BCUT2D eigenvalue weighted by molar-refractivity contribution is 6.10. The molecule has 0 aromatic heterocycles. The van der Waals surface area contributed by atoms with E-state index in [0.29, 0.717) is 23.1 Å². The molecule has 19 heavy (non-hydrogen) atoms. The topological polar surface area (TPSA) is 57.5 Å². The van der Waals surface area contributed by atoms with Gasteiger partial charge in [0.25, 0.3) is 0 Å². The maximum Gasteiger partial charge on any atom is 0.196 e. The molecule has 0 radical (unpaired) electrons. The zero-order valence-corrected chi connectivity index (χ0v) is 10.8. The van der Waals surface area contributed by atoms with E-state index < -0.39 is 0 Å². The molecule has 0 saturated heterocycles. The molecular weight excluding hydrogens is 240 g/mol. The average Bonchev–Trinajstić information content (AvgIpc) is 2.47. The molecule has 2 aromatic rings. The Labute approximate surface area is 112 Å². The van der Waals surface area contributed by atoms with Gasteiger partial charge in [0, 0.05) is 5.56 Å². The summed E-state index contributed by atoms with van der Waals surface area (Å²) in [6, 6.07) is 12.1. The minimum Gasteiger partial charge on any atom is -0.507 e. The van der Waals surface area contributed by atoms with Crippen LogP contribution in [0.4, 0.5) is 0 Å². The number of benzene rings is 2. The average molecular weight is 256 g/mol. The van der Waals surface area contributed by atoms with Gasteiger partial charge < -0.3 is 10.2 Å². The summed E-state index contributed by atoms with van der Waals surface area (Å²) in [5.74, 6) is -0.236. The molecule has 0 aliphatic rings. The summed E-state index contributed by atoms with van der Waals surface area (Å²) < 4.78 is 0. The first-order valence-corrected chi connectivity index (χ1v) is 6.23. The number of phenols is 1. The Hall–Kier alpha value is -2.13. The van der Waals surface area contributed by atoms with Crippen LogP contribution in [0.15, 0.2) is 42.5 Å². The molecule has 0 atom stereocenters. The first-order valence-electron chi connectivity index (χ1n) is 6.23. The number of aliphatic hydroxyl groups is 1. The number of ketones is 1. The molecule has 0 bridgehead atoms. The molecule has 3 nitrogen and oxygen atoms in total. The van der Waals surface area contributed by atoms with Crippen molar-refractivity contribution in [3.8, 4) is 5.75 Å². The van der Waals surface area contributed by atoms with E-state index in [1.165, 1.54) is 0 Å². The Morgan fingerprint density at radius 3 is 2.37 bits per heavy atom. The van der Waals surface area contributed by atoms with Gasteiger partial charge in [-0.25, -0.2) is 0 Å². The van der Waals surface area contributed by atoms with E-state index in [2.05, 4.69) is 0 Å². The quantitative estimate of drug-likeness (QED) is 0.827. The van der Waals surface area contributed by atoms with E-state index in [4.69, 9.17) is 0 Å². The van der Waals surface area contributed by atoms with Crippen molar-refractivity contribution in [1.29, 1.82) is 0 Å². The van der Waals surface area contributed by atoms with Gasteiger partial charge in [0.15, 0.2) is 5.78 Å². The Morgan fingerprint density at radius 2 is 1.79 bits per heavy atom. The van der Waals surface area contributed by atoms with Crippen LogP contribution < -0.4 is 0 Å². The molecule has 2 N–H and O–H groups in total. The number of hydrogen-bond donors (Lipinski definition) is 2. The van der Waals surface area contributed by atoms with Crippen LogP contribution in [0.5, 0.6) is 5.75 Å². The van der Waals surface area contributed by atoms with Gasteiger partial charge in [0.05, 0.1) is 12.2 Å². The summed E-state index contributed by atoms with van der Waals surface area (Å²) in [5.41, 5.74) is 2.10. The molecule has 0 saturated carbocycles. The second kappa shape index (κ2) is 5.67. The number of phenolic OH excluding ortho intramolecular Hbond substituents is 1. The zero-order valence-electron chi connectivity index (χ0n) is 10.8. The maximum atomic E-state index is 12.3. The van der Waals surface area contributed by atoms with Gasteiger partial charge >= 0.3 is 0 Å². The van der Waals surface area contributed by atoms with Crippen molar-refractivity contribution in [1.82, 2.24) is 0 Å². The summed E-state index contributed by atoms with van der Waals surface area (Å²) in [4.78, 5) is 12.3. The van der Waals surface area contributed by atoms with Gasteiger partial charge in [-0.05, 0) is 23.6 Å². The van der Waals surface area contributed by atoms with Crippen molar-refractivity contribution in [3.05, 3.63) is 64.7 Å². The monoisotopic (exact) mass is 256 g/mol. The van der Waals surface area contributed by atoms with Gasteiger partial charge in [-0.15, -0.1) is 0 Å². The fraction of sp³-hybridized carbons (Fsp3) is 0.188. The Kier molecular flexibility index (Phi) is 3.97. The van der Waals surface area contributed by atoms with Gasteiger partial charge in [-0.3, -0.25) is 4.79 Å². The molecule has 98 valence electrons. The third kappa shape index (κ3) is 2.51. The Bertz CT molecular complexity index is 588. The van der Waals surface area contributed by atoms with E-state index in [0.717, 1.165) is 0 Å². The SMILES string of the molecule is CCc1c(CO)ccc(C(=O)c2ccccc2)c1O. The number of hydrogen-bond acceptors (Lipinski definition) is 3. The van der Waals surface area contributed by atoms with Gasteiger partial charge in [-0.1, -0.05) is 43.3 Å². The second-order valence-electron chi connectivity index (χ2n) is 4.31. The lowest BCUT2D eigenvalue weighted by atomic mass is 9.95. The van der Waals surface area contributed by atoms with Gasteiger partial charge in [0.2, 0.25) is 0 Å². The molecule has 0 unspecified atom stereocenters. The molecule has 3 heteroatoms. The van der Waals surface area contributed by atoms with Gasteiger partial charge in [0.1, 0.15) is 5.75 Å². The molecule has 0 aliphatic heterocycles. The van der Waals surface area contributed by atoms with E-state index in [9.17, 15) is 15.0 Å². The lowest BCUT2D eigenvalue weighted by Gasteiger charge is -2.11. The summed E-state index contributed by atoms with van der Waals surface area (Å²) >= 11 is 0. The third-order valence-electron chi connectivity index (χ3n) is 3.18. The lowest BCUT2D eigenvalue weighted by Crippen LogP contribution is -2.04. The van der Waals surface area contributed by atoms with Gasteiger partial charge in [-0.2, -0.15) is 0 Å². The van der Waals surface area contributed by atoms with Crippen molar-refractivity contribution in [3.63, 3.8) is 0 Å². The smallest absolute Gasteiger partial charge is 0.196 e. The third-order valence-corrected chi connectivity index (χ3v) is 3.18. The summed E-state index contributed by atoms with van der Waals surface area (Å²) in [6.07, 6.45) is 0.567. The molecule has 0 heterocycles. The largest absolute Gasteiger partial charge is 0.507 e. The predicted molar refractivity (Wildman–Crippen MR) is 73.3 cm³/mol. The van der Waals surface area contributed by atoms with E-state index >= 15 is 0 Å². The number of aliphatic hydroxyl groups excluding tert-OH is 1. The maximum absolute atomic E-state index is 12.3. The lowest BCUT2D eigenvalue weighted by molar-refractivity contribution is 0.103. The van der Waals surface area contributed by atoms with Crippen LogP contribution in [0.3, 0.4) is 0 Å². The molecular formula is C16H16O3. The summed E-state index contributed by atoms with van der Waals surface area (Å²) in [5, 5.41) is 19.4. The number of carbonyl (C=O) groups is 1. The van der Waals surface area contributed by atoms with Crippen LogP contribution in [-0.4, -0.2) is 16.0 Å². The first-order chi connectivity index (χ1) is 9.19. The standard InChI is InChI=1S/C16H16O3/c1-2-13-12(10-17)8-9-14(16(13)19)15(18)11-6-4-3-5-7-11/h3-9,17,19H,2,10H2,1H3. The summed E-state index contributed by atoms with van der Waals surface area (Å²) in [7, 11) is 0. The highest BCUT2D eigenvalue weighted by atomic mass is 16.3. The normalized spacial score (nSPS) is 10.4. The zero-order chi connectivity index (χ0) is 13.8. The number of carbonyl (C=O) groups excluding carboxylic acids is 1. The van der Waals surface area contributed by atoms with Crippen molar-refractivity contribution in [2.75, 3.05) is 0 Å². The van der Waals surface area contributed by atoms with E-state index in [1.807, 2.05) is 13.0 Å². The molecule has 0 spiro atoms. The Morgan fingerprint density at radius 1 is 1.11 bits per heavy atom. The highest BCUT2D eigenvalue weighted by Crippen LogP contribution is 2.28. The van der Waals surface area contributed by atoms with Crippen LogP contribution in [0, 0.1) is 0 Å². The molecule has 2 aromatic carbocycles. The fourth-order valence-electron chi connectivity index (χ4n) is 2.15. The minimum absolute atomic E-state index is 0.0251. The number of rotatable bonds is 4. The van der Waals surface area contributed by atoms with Crippen molar-refractivity contribution < 1.29 is 15.0 Å². The second-order valence-corrected chi connectivity index (χ2v) is 4.31. The van der Waals surface area contributed by atoms with Crippen LogP contribution in [0.2, 0.25) is 0 Å². The number of aromatic hydroxyl groups is 1. The van der Waals surface area contributed by atoms with Crippen LogP contribution in [0.1, 0.15) is 34.0 Å². The van der Waals surface area contributed by atoms with Crippen LogP contribution >= 0.6 is 0 Å². The minimum atomic E-state index is -0.211. The first kappa shape index (κ1) is 13.3. The highest BCUT2D eigenvalue weighted by Gasteiger charge is 2.17. The van der Waals surface area contributed by atoms with E-state index in [1.54, 1.807) is 36.4 Å². The fourth-order valence-corrected chi connectivity index (χ4v) is 2.15. The van der Waals surface area contributed by atoms with Crippen molar-refractivity contribution in [2.45, 2.75) is 20.0 Å².